The maximum Gasteiger partial charge on any atom is 0.361 e. The summed E-state index contributed by atoms with van der Waals surface area (Å²) in [6, 6.07) is 9.42. The van der Waals surface area contributed by atoms with E-state index in [0.717, 1.165) is 5.56 Å². The van der Waals surface area contributed by atoms with E-state index in [0.29, 0.717) is 16.8 Å². The van der Waals surface area contributed by atoms with Gasteiger partial charge in [-0.25, -0.2) is 4.79 Å². The van der Waals surface area contributed by atoms with Crippen LogP contribution in [0.15, 0.2) is 39.3 Å². The summed E-state index contributed by atoms with van der Waals surface area (Å²) in [6.45, 7) is 2.04. The normalized spacial score (nSPS) is 10.2. The lowest BCUT2D eigenvalue weighted by Crippen LogP contribution is -2.05. The largest absolute Gasteiger partial charge is 0.461 e. The smallest absolute Gasteiger partial charge is 0.361 e. The van der Waals surface area contributed by atoms with E-state index in [2.05, 4.69) is 21.1 Å². The molecule has 5 heteroatoms. The minimum atomic E-state index is -0.495. The van der Waals surface area contributed by atoms with E-state index < -0.39 is 5.97 Å². The van der Waals surface area contributed by atoms with Crippen LogP contribution in [-0.4, -0.2) is 17.7 Å². The van der Waals surface area contributed by atoms with Crippen LogP contribution in [0.4, 0.5) is 0 Å². The summed E-state index contributed by atoms with van der Waals surface area (Å²) in [6.07, 6.45) is 0. The zero-order chi connectivity index (χ0) is 12.3. The average Bonchev–Trinajstić information content (AvgIpc) is 2.72. The third-order valence-electron chi connectivity index (χ3n) is 2.14. The van der Waals surface area contributed by atoms with Crippen LogP contribution in [0, 0.1) is 0 Å². The average molecular weight is 296 g/mol. The van der Waals surface area contributed by atoms with Crippen molar-refractivity contribution in [3.8, 4) is 11.3 Å². The van der Waals surface area contributed by atoms with Gasteiger partial charge in [-0.1, -0.05) is 35.5 Å². The summed E-state index contributed by atoms with van der Waals surface area (Å²) < 4.78 is 10.5. The highest BCUT2D eigenvalue weighted by molar-refractivity contribution is 9.10. The van der Waals surface area contributed by atoms with Crippen molar-refractivity contribution in [3.05, 3.63) is 40.5 Å². The molecule has 0 radical (unpaired) electrons. The lowest BCUT2D eigenvalue weighted by molar-refractivity contribution is 0.0513. The fraction of sp³-hybridized carbons (Fsp3) is 0.167. The van der Waals surface area contributed by atoms with Gasteiger partial charge >= 0.3 is 5.97 Å². The molecule has 2 aromatic rings. The van der Waals surface area contributed by atoms with Gasteiger partial charge in [0.2, 0.25) is 5.69 Å². The second-order valence-electron chi connectivity index (χ2n) is 3.26. The van der Waals surface area contributed by atoms with Crippen molar-refractivity contribution in [1.29, 1.82) is 0 Å². The maximum absolute atomic E-state index is 11.5. The van der Waals surface area contributed by atoms with Gasteiger partial charge in [0.25, 0.3) is 0 Å². The number of rotatable bonds is 3. The number of nitrogens with zero attached hydrogens (tertiary/aromatic N) is 1. The highest BCUT2D eigenvalue weighted by atomic mass is 79.9. The molecule has 0 N–H and O–H groups in total. The number of esters is 1. The first-order chi connectivity index (χ1) is 8.24. The van der Waals surface area contributed by atoms with Crippen molar-refractivity contribution in [2.45, 2.75) is 6.92 Å². The van der Waals surface area contributed by atoms with Gasteiger partial charge < -0.3 is 9.26 Å². The molecule has 0 spiro atoms. The first-order valence-corrected chi connectivity index (χ1v) is 5.91. The first kappa shape index (κ1) is 11.9. The lowest BCUT2D eigenvalue weighted by atomic mass is 10.2. The molecule has 0 unspecified atom stereocenters. The maximum atomic E-state index is 11.5. The Morgan fingerprint density at radius 1 is 1.41 bits per heavy atom. The first-order valence-electron chi connectivity index (χ1n) is 5.11. The Hall–Kier alpha value is -1.62. The van der Waals surface area contributed by atoms with Crippen molar-refractivity contribution >= 4 is 21.9 Å². The molecule has 0 aliphatic carbocycles. The Bertz CT molecular complexity index is 522. The number of carbonyl (C=O) groups excluding carboxylic acids is 1. The molecule has 2 rings (SSSR count). The summed E-state index contributed by atoms with van der Waals surface area (Å²) in [4.78, 5) is 11.5. The summed E-state index contributed by atoms with van der Waals surface area (Å²) in [5, 5.41) is 3.71. The second-order valence-corrected chi connectivity index (χ2v) is 4.05. The van der Waals surface area contributed by atoms with Crippen LogP contribution in [-0.2, 0) is 4.74 Å². The lowest BCUT2D eigenvalue weighted by Gasteiger charge is -1.97. The van der Waals surface area contributed by atoms with Crippen LogP contribution in [0.5, 0.6) is 0 Å². The van der Waals surface area contributed by atoms with E-state index >= 15 is 0 Å². The van der Waals surface area contributed by atoms with Gasteiger partial charge in [0.15, 0.2) is 5.76 Å². The van der Waals surface area contributed by atoms with E-state index in [-0.39, 0.29) is 5.69 Å². The molecule has 1 heterocycles. The van der Waals surface area contributed by atoms with Crippen LogP contribution in [0.25, 0.3) is 11.3 Å². The summed E-state index contributed by atoms with van der Waals surface area (Å²) in [5.74, 6) is 0.0268. The molecule has 1 aromatic carbocycles. The molecule has 88 valence electrons. The van der Waals surface area contributed by atoms with Gasteiger partial charge in [0.1, 0.15) is 4.47 Å². The number of carbonyl (C=O) groups is 1. The minimum Gasteiger partial charge on any atom is -0.461 e. The van der Waals surface area contributed by atoms with E-state index in [1.165, 1.54) is 0 Å². The van der Waals surface area contributed by atoms with E-state index in [4.69, 9.17) is 9.26 Å². The zero-order valence-electron chi connectivity index (χ0n) is 9.14. The Kier molecular flexibility index (Phi) is 3.58. The third kappa shape index (κ3) is 2.39. The van der Waals surface area contributed by atoms with Gasteiger partial charge in [0.05, 0.1) is 6.61 Å². The molecule has 0 atom stereocenters. The standard InChI is InChI=1S/C12H10BrNO3/c1-2-16-12(15)10-9(13)11(17-14-10)8-6-4-3-5-7-8/h3-7H,2H2,1H3. The molecule has 1 aromatic heterocycles. The summed E-state index contributed by atoms with van der Waals surface area (Å²) in [5.41, 5.74) is 1.01. The Morgan fingerprint density at radius 2 is 2.12 bits per heavy atom. The molecule has 0 aliphatic heterocycles. The van der Waals surface area contributed by atoms with E-state index in [1.807, 2.05) is 30.3 Å². The second kappa shape index (κ2) is 5.14. The van der Waals surface area contributed by atoms with Gasteiger partial charge in [0, 0.05) is 5.56 Å². The van der Waals surface area contributed by atoms with Crippen molar-refractivity contribution in [3.63, 3.8) is 0 Å². The van der Waals surface area contributed by atoms with Crippen LogP contribution < -0.4 is 0 Å². The molecule has 0 fully saturated rings. The van der Waals surface area contributed by atoms with Crippen molar-refractivity contribution in [2.75, 3.05) is 6.61 Å². The number of hydrogen-bond donors (Lipinski definition) is 0. The fourth-order valence-corrected chi connectivity index (χ4v) is 1.91. The topological polar surface area (TPSA) is 52.3 Å². The van der Waals surface area contributed by atoms with Crippen LogP contribution in [0.2, 0.25) is 0 Å². The number of aromatic nitrogens is 1. The number of hydrogen-bond acceptors (Lipinski definition) is 4. The number of benzene rings is 1. The molecule has 0 aliphatic rings. The molecular weight excluding hydrogens is 286 g/mol. The molecule has 0 bridgehead atoms. The monoisotopic (exact) mass is 295 g/mol. The predicted octanol–water partition coefficient (Wildman–Crippen LogP) is 3.28. The van der Waals surface area contributed by atoms with E-state index in [1.54, 1.807) is 6.92 Å². The van der Waals surface area contributed by atoms with Crippen molar-refractivity contribution in [2.24, 2.45) is 0 Å². The van der Waals surface area contributed by atoms with Crippen LogP contribution in [0.3, 0.4) is 0 Å². The zero-order valence-corrected chi connectivity index (χ0v) is 10.7. The van der Waals surface area contributed by atoms with E-state index in [9.17, 15) is 4.79 Å². The SMILES string of the molecule is CCOC(=O)c1noc(-c2ccccc2)c1Br. The fourth-order valence-electron chi connectivity index (χ4n) is 1.37. The van der Waals surface area contributed by atoms with Crippen molar-refractivity contribution in [1.82, 2.24) is 5.16 Å². The Morgan fingerprint density at radius 3 is 2.76 bits per heavy atom. The van der Waals surface area contributed by atoms with Gasteiger partial charge in [-0.2, -0.15) is 0 Å². The van der Waals surface area contributed by atoms with Gasteiger partial charge in [-0.15, -0.1) is 0 Å². The number of ether oxygens (including phenoxy) is 1. The Balaban J connectivity index is 2.37. The Labute approximate surface area is 107 Å². The van der Waals surface area contributed by atoms with Crippen molar-refractivity contribution < 1.29 is 14.1 Å². The van der Waals surface area contributed by atoms with Gasteiger partial charge in [-0.3, -0.25) is 0 Å². The molecule has 0 amide bonds. The number of halogens is 1. The van der Waals surface area contributed by atoms with Crippen LogP contribution >= 0.6 is 15.9 Å². The highest BCUT2D eigenvalue weighted by Crippen LogP contribution is 2.31. The highest BCUT2D eigenvalue weighted by Gasteiger charge is 2.21. The molecule has 0 saturated carbocycles. The minimum absolute atomic E-state index is 0.158. The third-order valence-corrected chi connectivity index (χ3v) is 2.88. The van der Waals surface area contributed by atoms with Gasteiger partial charge in [-0.05, 0) is 22.9 Å². The summed E-state index contributed by atoms with van der Waals surface area (Å²) >= 11 is 3.30. The molecule has 4 nitrogen and oxygen atoms in total. The molecule has 17 heavy (non-hydrogen) atoms. The molecular formula is C12H10BrNO3. The summed E-state index contributed by atoms with van der Waals surface area (Å²) in [7, 11) is 0. The van der Waals surface area contributed by atoms with Crippen LogP contribution in [0.1, 0.15) is 17.4 Å². The quantitative estimate of drug-likeness (QED) is 0.816. The predicted molar refractivity (Wildman–Crippen MR) is 65.6 cm³/mol. The molecule has 0 saturated heterocycles.